The maximum atomic E-state index is 5.09. The molecule has 0 aromatic carbocycles. The van der Waals surface area contributed by atoms with Gasteiger partial charge in [0.25, 0.3) is 0 Å². The van der Waals surface area contributed by atoms with E-state index in [4.69, 9.17) is 4.74 Å². The molecule has 1 aromatic rings. The van der Waals surface area contributed by atoms with Crippen molar-refractivity contribution in [3.63, 3.8) is 0 Å². The molecule has 52 valence electrons. The molecule has 0 N–H and O–H groups in total. The van der Waals surface area contributed by atoms with Crippen LogP contribution in [0.3, 0.4) is 0 Å². The third kappa shape index (κ3) is 1.02. The molecule has 0 amide bonds. The molecule has 2 heterocycles. The third-order valence-electron chi connectivity index (χ3n) is 1.64. The molecule has 2 heteroatoms. The van der Waals surface area contributed by atoms with Gasteiger partial charge in [-0.15, -0.1) is 0 Å². The van der Waals surface area contributed by atoms with Crippen LogP contribution in [0.25, 0.3) is 0 Å². The lowest BCUT2D eigenvalue weighted by Gasteiger charge is -1.93. The van der Waals surface area contributed by atoms with Crippen LogP contribution in [-0.2, 0) is 4.74 Å². The van der Waals surface area contributed by atoms with Crippen LogP contribution in [0.4, 0.5) is 0 Å². The summed E-state index contributed by atoms with van der Waals surface area (Å²) < 4.78 is 5.09. The summed E-state index contributed by atoms with van der Waals surface area (Å²) in [6.07, 6.45) is 2.22. The molecule has 1 atom stereocenters. The molecule has 1 aliphatic rings. The lowest BCUT2D eigenvalue weighted by molar-refractivity contribution is 0.415. The number of ether oxygens (including phenoxy) is 1. The van der Waals surface area contributed by atoms with Crippen LogP contribution < -0.4 is 0 Å². The average Bonchev–Trinajstić information content (AvgIpc) is 2.71. The molecule has 0 bridgehead atoms. The predicted octanol–water partition coefficient (Wildman–Crippen LogP) is 1.46. The third-order valence-corrected chi connectivity index (χ3v) is 1.64. The zero-order valence-corrected chi connectivity index (χ0v) is 5.87. The minimum absolute atomic E-state index is 0.341. The van der Waals surface area contributed by atoms with E-state index < -0.39 is 0 Å². The van der Waals surface area contributed by atoms with Gasteiger partial charge in [0.05, 0.1) is 6.61 Å². The van der Waals surface area contributed by atoms with Crippen molar-refractivity contribution in [3.8, 4) is 0 Å². The predicted molar refractivity (Wildman–Crippen MR) is 37.7 cm³/mol. The highest BCUT2D eigenvalue weighted by Gasteiger charge is 2.24. The number of aryl methyl sites for hydroxylation is 1. The van der Waals surface area contributed by atoms with Gasteiger partial charge in [0.15, 0.2) is 0 Å². The molecule has 0 radical (unpaired) electrons. The lowest BCUT2D eigenvalue weighted by atomic mass is 10.2. The van der Waals surface area contributed by atoms with Crippen LogP contribution >= 0.6 is 0 Å². The molecule has 2 rings (SSSR count). The first-order valence-corrected chi connectivity index (χ1v) is 3.40. The Morgan fingerprint density at radius 1 is 1.60 bits per heavy atom. The first-order chi connectivity index (χ1) is 4.86. The summed E-state index contributed by atoms with van der Waals surface area (Å²) in [6, 6.07) is 4.08. The number of hydrogen-bond acceptors (Lipinski definition) is 2. The second-order valence-electron chi connectivity index (χ2n) is 2.55. The SMILES string of the molecule is Cc1ccc([C@@H]2CO2)cn1. The van der Waals surface area contributed by atoms with E-state index in [1.807, 2.05) is 19.2 Å². The van der Waals surface area contributed by atoms with E-state index in [-0.39, 0.29) is 0 Å². The molecule has 1 saturated heterocycles. The standard InChI is InChI=1S/C8H9NO/c1-6-2-3-7(4-9-6)8-5-10-8/h2-4,8H,5H2,1H3/t8-/m0/s1. The number of nitrogens with zero attached hydrogens (tertiary/aromatic N) is 1. The Morgan fingerprint density at radius 3 is 2.90 bits per heavy atom. The molecule has 1 aliphatic heterocycles. The molecule has 1 fully saturated rings. The van der Waals surface area contributed by atoms with Gasteiger partial charge in [0.1, 0.15) is 6.10 Å². The van der Waals surface area contributed by atoms with Crippen molar-refractivity contribution >= 4 is 0 Å². The van der Waals surface area contributed by atoms with Crippen molar-refractivity contribution in [2.24, 2.45) is 0 Å². The van der Waals surface area contributed by atoms with Crippen LogP contribution in [-0.4, -0.2) is 11.6 Å². The van der Waals surface area contributed by atoms with Crippen LogP contribution in [0, 0.1) is 6.92 Å². The minimum Gasteiger partial charge on any atom is -0.368 e. The Labute approximate surface area is 59.9 Å². The average molecular weight is 135 g/mol. The van der Waals surface area contributed by atoms with Gasteiger partial charge in [-0.3, -0.25) is 4.98 Å². The van der Waals surface area contributed by atoms with Crippen molar-refractivity contribution < 1.29 is 4.74 Å². The number of rotatable bonds is 1. The summed E-state index contributed by atoms with van der Waals surface area (Å²) in [5, 5.41) is 0. The number of aromatic nitrogens is 1. The van der Waals surface area contributed by atoms with Gasteiger partial charge in [-0.05, 0) is 13.0 Å². The minimum atomic E-state index is 0.341. The first kappa shape index (κ1) is 5.86. The fourth-order valence-electron chi connectivity index (χ4n) is 0.910. The van der Waals surface area contributed by atoms with E-state index in [0.29, 0.717) is 6.10 Å². The number of hydrogen-bond donors (Lipinski definition) is 0. The van der Waals surface area contributed by atoms with Gasteiger partial charge < -0.3 is 4.74 Å². The highest BCUT2D eigenvalue weighted by Crippen LogP contribution is 2.28. The first-order valence-electron chi connectivity index (χ1n) is 3.40. The summed E-state index contributed by atoms with van der Waals surface area (Å²) in [5.74, 6) is 0. The highest BCUT2D eigenvalue weighted by atomic mass is 16.6. The van der Waals surface area contributed by atoms with Gasteiger partial charge >= 0.3 is 0 Å². The zero-order chi connectivity index (χ0) is 6.97. The highest BCUT2D eigenvalue weighted by molar-refractivity contribution is 5.18. The topological polar surface area (TPSA) is 25.4 Å². The van der Waals surface area contributed by atoms with E-state index in [0.717, 1.165) is 12.3 Å². The molecule has 0 aliphatic carbocycles. The summed E-state index contributed by atoms with van der Waals surface area (Å²) in [6.45, 7) is 2.85. The van der Waals surface area contributed by atoms with Crippen LogP contribution in [0.1, 0.15) is 17.4 Å². The van der Waals surface area contributed by atoms with Crippen LogP contribution in [0.5, 0.6) is 0 Å². The van der Waals surface area contributed by atoms with Gasteiger partial charge in [-0.25, -0.2) is 0 Å². The van der Waals surface area contributed by atoms with Crippen molar-refractivity contribution in [3.05, 3.63) is 29.6 Å². The van der Waals surface area contributed by atoms with Gasteiger partial charge in [0.2, 0.25) is 0 Å². The van der Waals surface area contributed by atoms with E-state index in [9.17, 15) is 0 Å². The molecular formula is C8H9NO. The quantitative estimate of drug-likeness (QED) is 0.545. The molecule has 2 nitrogen and oxygen atoms in total. The second kappa shape index (κ2) is 2.06. The van der Waals surface area contributed by atoms with E-state index >= 15 is 0 Å². The lowest BCUT2D eigenvalue weighted by Crippen LogP contribution is -1.84. The molecule has 1 aromatic heterocycles. The molecule has 0 unspecified atom stereocenters. The van der Waals surface area contributed by atoms with Crippen LogP contribution in [0.2, 0.25) is 0 Å². The Hall–Kier alpha value is -0.890. The van der Waals surface area contributed by atoms with Crippen molar-refractivity contribution in [2.45, 2.75) is 13.0 Å². The van der Waals surface area contributed by atoms with E-state index in [1.54, 1.807) is 0 Å². The summed E-state index contributed by atoms with van der Waals surface area (Å²) in [4.78, 5) is 4.16. The normalized spacial score (nSPS) is 22.7. The number of pyridine rings is 1. The van der Waals surface area contributed by atoms with Gasteiger partial charge in [0, 0.05) is 17.5 Å². The van der Waals surface area contributed by atoms with E-state index in [2.05, 4.69) is 11.1 Å². The van der Waals surface area contributed by atoms with Crippen molar-refractivity contribution in [1.82, 2.24) is 4.98 Å². The number of epoxide rings is 1. The molecular weight excluding hydrogens is 126 g/mol. The Kier molecular flexibility index (Phi) is 1.21. The van der Waals surface area contributed by atoms with E-state index in [1.165, 1.54) is 5.56 Å². The monoisotopic (exact) mass is 135 g/mol. The summed E-state index contributed by atoms with van der Waals surface area (Å²) >= 11 is 0. The fourth-order valence-corrected chi connectivity index (χ4v) is 0.910. The Balaban J connectivity index is 2.28. The largest absolute Gasteiger partial charge is 0.368 e. The maximum Gasteiger partial charge on any atom is 0.107 e. The zero-order valence-electron chi connectivity index (χ0n) is 5.87. The fraction of sp³-hybridized carbons (Fsp3) is 0.375. The molecule has 10 heavy (non-hydrogen) atoms. The van der Waals surface area contributed by atoms with Gasteiger partial charge in [-0.2, -0.15) is 0 Å². The van der Waals surface area contributed by atoms with Crippen molar-refractivity contribution in [1.29, 1.82) is 0 Å². The smallest absolute Gasteiger partial charge is 0.107 e. The maximum absolute atomic E-state index is 5.09. The Morgan fingerprint density at radius 2 is 2.40 bits per heavy atom. The Bertz CT molecular complexity index is 226. The summed E-state index contributed by atoms with van der Waals surface area (Å²) in [7, 11) is 0. The molecule has 0 saturated carbocycles. The van der Waals surface area contributed by atoms with Gasteiger partial charge in [-0.1, -0.05) is 6.07 Å². The second-order valence-corrected chi connectivity index (χ2v) is 2.55. The van der Waals surface area contributed by atoms with Crippen LogP contribution in [0.15, 0.2) is 18.3 Å². The molecule has 0 spiro atoms. The van der Waals surface area contributed by atoms with Crippen molar-refractivity contribution in [2.75, 3.05) is 6.61 Å². The summed E-state index contributed by atoms with van der Waals surface area (Å²) in [5.41, 5.74) is 2.26.